The summed E-state index contributed by atoms with van der Waals surface area (Å²) in [6, 6.07) is 0. The first-order valence-corrected chi connectivity index (χ1v) is 13.1. The summed E-state index contributed by atoms with van der Waals surface area (Å²) in [4.78, 5) is 15.7. The molecular weight excluding hydrogens is 702 g/mol. The van der Waals surface area contributed by atoms with Gasteiger partial charge in [-0.15, -0.1) is 0 Å². The SMILES string of the molecule is NCCCCCCN.O=P(O)(C(F)(F)C(F)(F)F)C(F)(F)C(F)(F)F.O=P(O)(C(F)(F)C(F)(F)F)C(F)(F)C(F)(F)F. The average molecular weight is 720 g/mol. The third kappa shape index (κ3) is 9.70. The molecule has 0 aliphatic carbocycles. The maximum atomic E-state index is 12.1. The molecule has 28 heteroatoms. The molecule has 0 aliphatic rings. The third-order valence-electron chi connectivity index (χ3n) is 4.05. The first-order valence-electron chi connectivity index (χ1n) is 9.76. The molecule has 0 saturated carbocycles. The molecular formula is C14H18F20N2O4P2. The van der Waals surface area contributed by atoms with Gasteiger partial charge in [-0.1, -0.05) is 12.8 Å². The molecule has 0 radical (unpaired) electrons. The lowest BCUT2D eigenvalue weighted by Crippen LogP contribution is -2.47. The Morgan fingerprint density at radius 3 is 0.619 bits per heavy atom. The zero-order valence-corrected chi connectivity index (χ0v) is 21.4. The Balaban J connectivity index is -0.000000579. The molecule has 0 aromatic heterocycles. The van der Waals surface area contributed by atoms with Crippen molar-refractivity contribution in [2.75, 3.05) is 13.1 Å². The summed E-state index contributed by atoms with van der Waals surface area (Å²) >= 11 is 0. The molecule has 0 atom stereocenters. The van der Waals surface area contributed by atoms with Gasteiger partial charge in [0.15, 0.2) is 0 Å². The number of halogens is 20. The second-order valence-electron chi connectivity index (χ2n) is 7.30. The fraction of sp³-hybridized carbons (Fsp3) is 1.00. The number of alkyl halides is 20. The fourth-order valence-electron chi connectivity index (χ4n) is 1.68. The molecule has 0 aliphatic heterocycles. The molecule has 0 aromatic carbocycles. The van der Waals surface area contributed by atoms with Crippen LogP contribution in [0.25, 0.3) is 0 Å². The number of rotatable bonds is 9. The molecule has 0 unspecified atom stereocenters. The molecule has 0 spiro atoms. The predicted molar refractivity (Wildman–Crippen MR) is 100 cm³/mol. The van der Waals surface area contributed by atoms with Crippen LogP contribution in [0.2, 0.25) is 0 Å². The maximum Gasteiger partial charge on any atom is 0.463 e. The molecule has 6 nitrogen and oxygen atoms in total. The topological polar surface area (TPSA) is 127 Å². The second kappa shape index (κ2) is 14.3. The zero-order valence-electron chi connectivity index (χ0n) is 19.6. The maximum absolute atomic E-state index is 12.1. The highest BCUT2D eigenvalue weighted by Crippen LogP contribution is 2.75. The van der Waals surface area contributed by atoms with Gasteiger partial charge in [0.2, 0.25) is 0 Å². The van der Waals surface area contributed by atoms with Gasteiger partial charge in [0.1, 0.15) is 0 Å². The van der Waals surface area contributed by atoms with Gasteiger partial charge in [0.25, 0.3) is 0 Å². The van der Waals surface area contributed by atoms with Crippen molar-refractivity contribution in [3.63, 3.8) is 0 Å². The largest absolute Gasteiger partial charge is 0.463 e. The molecule has 0 bridgehead atoms. The van der Waals surface area contributed by atoms with E-state index in [0.717, 1.165) is 25.9 Å². The smallest absolute Gasteiger partial charge is 0.336 e. The van der Waals surface area contributed by atoms with Gasteiger partial charge in [-0.25, -0.2) is 0 Å². The lowest BCUT2D eigenvalue weighted by molar-refractivity contribution is -0.271. The molecule has 0 rings (SSSR count). The number of unbranched alkanes of at least 4 members (excludes halogenated alkanes) is 3. The van der Waals surface area contributed by atoms with E-state index in [4.69, 9.17) is 21.3 Å². The van der Waals surface area contributed by atoms with E-state index in [2.05, 4.69) is 0 Å². The number of hydrogen-bond acceptors (Lipinski definition) is 4. The van der Waals surface area contributed by atoms with E-state index in [-0.39, 0.29) is 0 Å². The van der Waals surface area contributed by atoms with Crippen LogP contribution in [-0.2, 0) is 9.13 Å². The van der Waals surface area contributed by atoms with E-state index >= 15 is 0 Å². The first kappa shape index (κ1) is 45.3. The predicted octanol–water partition coefficient (Wildman–Crippen LogP) is 7.60. The molecule has 0 saturated heterocycles. The van der Waals surface area contributed by atoms with Crippen LogP contribution in [0.4, 0.5) is 87.8 Å². The van der Waals surface area contributed by atoms with Crippen molar-refractivity contribution >= 4 is 14.7 Å². The summed E-state index contributed by atoms with van der Waals surface area (Å²) in [6.07, 6.45) is -23.3. The van der Waals surface area contributed by atoms with Crippen molar-refractivity contribution < 1.29 is 107 Å². The van der Waals surface area contributed by atoms with E-state index in [9.17, 15) is 96.9 Å². The van der Waals surface area contributed by atoms with Crippen molar-refractivity contribution in [2.24, 2.45) is 11.5 Å². The fourth-order valence-corrected chi connectivity index (χ4v) is 3.76. The van der Waals surface area contributed by atoms with E-state index < -0.39 is 62.1 Å². The highest BCUT2D eigenvalue weighted by molar-refractivity contribution is 7.61. The van der Waals surface area contributed by atoms with Gasteiger partial charge in [-0.2, -0.15) is 87.8 Å². The summed E-state index contributed by atoms with van der Waals surface area (Å²) in [5.74, 6) is 0. The summed E-state index contributed by atoms with van der Waals surface area (Å²) in [7, 11) is -16.5. The first-order chi connectivity index (χ1) is 17.9. The summed E-state index contributed by atoms with van der Waals surface area (Å²) in [5.41, 5.74) is -17.8. The van der Waals surface area contributed by atoms with E-state index in [1.807, 2.05) is 0 Å². The third-order valence-corrected chi connectivity index (χ3v) is 8.10. The van der Waals surface area contributed by atoms with Crippen LogP contribution in [0, 0.1) is 0 Å². The van der Waals surface area contributed by atoms with Crippen molar-refractivity contribution in [2.45, 2.75) is 73.0 Å². The van der Waals surface area contributed by atoms with Crippen LogP contribution >= 0.6 is 14.7 Å². The highest BCUT2D eigenvalue weighted by atomic mass is 31.2. The van der Waals surface area contributed by atoms with Crippen molar-refractivity contribution in [3.05, 3.63) is 0 Å². The van der Waals surface area contributed by atoms with Gasteiger partial charge < -0.3 is 21.3 Å². The summed E-state index contributed by atoms with van der Waals surface area (Å²) < 4.78 is 255. The Bertz CT molecular complexity index is 794. The minimum absolute atomic E-state index is 0.824. The van der Waals surface area contributed by atoms with E-state index in [0.29, 0.717) is 0 Å². The van der Waals surface area contributed by atoms with Gasteiger partial charge in [0.05, 0.1) is 0 Å². The van der Waals surface area contributed by atoms with E-state index in [1.54, 1.807) is 0 Å². The molecule has 6 N–H and O–H groups in total. The monoisotopic (exact) mass is 720 g/mol. The lowest BCUT2D eigenvalue weighted by atomic mass is 10.2. The second-order valence-corrected chi connectivity index (χ2v) is 11.9. The minimum Gasteiger partial charge on any atom is -0.336 e. The number of hydrogen-bond donors (Lipinski definition) is 4. The van der Waals surface area contributed by atoms with Gasteiger partial charge >= 0.3 is 62.1 Å². The van der Waals surface area contributed by atoms with Crippen LogP contribution in [-0.4, -0.2) is 70.2 Å². The zero-order chi connectivity index (χ0) is 35.2. The van der Waals surface area contributed by atoms with Crippen LogP contribution in [0.5, 0.6) is 0 Å². The highest BCUT2D eigenvalue weighted by Gasteiger charge is 2.85. The lowest BCUT2D eigenvalue weighted by Gasteiger charge is -2.30. The Hall–Kier alpha value is -1.10. The Kier molecular flexibility index (Phi) is 15.5. The standard InChI is InChI=1S/C6H16N2.2C4HF10O2P/c7-5-3-1-2-4-6-8;2*5-1(6,7)3(11,12)17(15,16)4(13,14)2(8,9)10/h1-8H2;2*(H,15,16). The van der Waals surface area contributed by atoms with Crippen LogP contribution in [0.3, 0.4) is 0 Å². The quantitative estimate of drug-likeness (QED) is 0.111. The van der Waals surface area contributed by atoms with Gasteiger partial charge in [-0.3, -0.25) is 9.13 Å². The van der Waals surface area contributed by atoms with Gasteiger partial charge in [-0.05, 0) is 25.9 Å². The average Bonchev–Trinajstić information content (AvgIpc) is 2.74. The summed E-state index contributed by atoms with van der Waals surface area (Å²) in [6.45, 7) is 1.65. The van der Waals surface area contributed by atoms with Crippen molar-refractivity contribution in [3.8, 4) is 0 Å². The van der Waals surface area contributed by atoms with Crippen LogP contribution in [0.15, 0.2) is 0 Å². The Morgan fingerprint density at radius 1 is 0.381 bits per heavy atom. The molecule has 258 valence electrons. The van der Waals surface area contributed by atoms with Crippen LogP contribution < -0.4 is 11.5 Å². The summed E-state index contributed by atoms with van der Waals surface area (Å²) in [5, 5.41) is 0. The molecule has 0 fully saturated rings. The van der Waals surface area contributed by atoms with Crippen LogP contribution in [0.1, 0.15) is 25.7 Å². The Morgan fingerprint density at radius 2 is 0.524 bits per heavy atom. The molecule has 0 aromatic rings. The van der Waals surface area contributed by atoms with Crippen molar-refractivity contribution in [1.82, 2.24) is 0 Å². The van der Waals surface area contributed by atoms with Crippen molar-refractivity contribution in [1.29, 1.82) is 0 Å². The molecule has 42 heavy (non-hydrogen) atoms. The van der Waals surface area contributed by atoms with E-state index in [1.165, 1.54) is 12.8 Å². The molecule has 0 amide bonds. The normalized spacial score (nSPS) is 15.0. The molecule has 0 heterocycles. The number of nitrogens with two attached hydrogens (primary N) is 2. The van der Waals surface area contributed by atoms with Gasteiger partial charge in [0, 0.05) is 0 Å². The Labute approximate surface area is 220 Å². The minimum atomic E-state index is -8.26.